The lowest BCUT2D eigenvalue weighted by Crippen LogP contribution is -2.55. The minimum atomic E-state index is -1.09. The lowest BCUT2D eigenvalue weighted by molar-refractivity contribution is -0.211. The monoisotopic (exact) mass is 162 g/mol. The summed E-state index contributed by atoms with van der Waals surface area (Å²) in [5.41, 5.74) is 0. The van der Waals surface area contributed by atoms with Crippen LogP contribution in [0.4, 0.5) is 0 Å². The van der Waals surface area contributed by atoms with E-state index in [9.17, 15) is 15.3 Å². The van der Waals surface area contributed by atoms with Crippen molar-refractivity contribution in [3.05, 3.63) is 0 Å². The zero-order valence-corrected chi connectivity index (χ0v) is 6.64. The summed E-state index contributed by atoms with van der Waals surface area (Å²) in [6, 6.07) is 0. The molecular weight excluding hydrogens is 148 g/mol. The van der Waals surface area contributed by atoms with Crippen LogP contribution in [-0.4, -0.2) is 45.8 Å². The maximum absolute atomic E-state index is 9.21. The van der Waals surface area contributed by atoms with E-state index in [1.807, 2.05) is 0 Å². The second-order valence-electron chi connectivity index (χ2n) is 3.02. The molecule has 1 saturated heterocycles. The molecule has 0 aromatic rings. The minimum Gasteiger partial charge on any atom is -0.388 e. The Balaban J connectivity index is 2.63. The van der Waals surface area contributed by atoms with E-state index in [0.717, 1.165) is 0 Å². The average Bonchev–Trinajstić information content (AvgIpc) is 1.97. The van der Waals surface area contributed by atoms with Crippen molar-refractivity contribution in [1.29, 1.82) is 0 Å². The van der Waals surface area contributed by atoms with Crippen molar-refractivity contribution in [2.75, 3.05) is 0 Å². The molecule has 0 saturated carbocycles. The Morgan fingerprint density at radius 2 is 1.18 bits per heavy atom. The van der Waals surface area contributed by atoms with Crippen LogP contribution in [-0.2, 0) is 4.74 Å². The Bertz CT molecular complexity index is 124. The molecule has 0 spiro atoms. The molecule has 0 aromatic heterocycles. The summed E-state index contributed by atoms with van der Waals surface area (Å²) in [7, 11) is 0. The molecule has 0 bridgehead atoms. The standard InChI is InChI=1S/C7H14O4/c1-3-5(8)7(10)6(9)4(2)11-3/h3-10H,1-2H3/t3-,4?,5?,6+,7?/m0/s1. The molecule has 0 radical (unpaired) electrons. The number of rotatable bonds is 0. The normalized spacial score (nSPS) is 52.6. The first-order valence-electron chi connectivity index (χ1n) is 3.73. The van der Waals surface area contributed by atoms with Crippen LogP contribution in [0.2, 0.25) is 0 Å². The fourth-order valence-electron chi connectivity index (χ4n) is 1.26. The van der Waals surface area contributed by atoms with Gasteiger partial charge in [-0.05, 0) is 13.8 Å². The molecule has 4 heteroatoms. The molecule has 3 N–H and O–H groups in total. The predicted octanol–water partition coefficient (Wildman–Crippen LogP) is -1.12. The third-order valence-corrected chi connectivity index (χ3v) is 2.09. The molecule has 0 amide bonds. The third-order valence-electron chi connectivity index (χ3n) is 2.09. The van der Waals surface area contributed by atoms with Gasteiger partial charge in [0.2, 0.25) is 0 Å². The van der Waals surface area contributed by atoms with Gasteiger partial charge in [0.1, 0.15) is 18.3 Å². The van der Waals surface area contributed by atoms with Crippen LogP contribution in [0.25, 0.3) is 0 Å². The molecule has 1 fully saturated rings. The zero-order chi connectivity index (χ0) is 8.59. The number of hydrogen-bond donors (Lipinski definition) is 3. The van der Waals surface area contributed by atoms with Crippen LogP contribution < -0.4 is 0 Å². The van der Waals surface area contributed by atoms with E-state index < -0.39 is 30.5 Å². The fourth-order valence-corrected chi connectivity index (χ4v) is 1.26. The van der Waals surface area contributed by atoms with E-state index in [0.29, 0.717) is 0 Å². The largest absolute Gasteiger partial charge is 0.388 e. The highest BCUT2D eigenvalue weighted by Gasteiger charge is 2.39. The average molecular weight is 162 g/mol. The van der Waals surface area contributed by atoms with E-state index in [-0.39, 0.29) is 0 Å². The molecule has 3 unspecified atom stereocenters. The first kappa shape index (κ1) is 8.93. The van der Waals surface area contributed by atoms with Gasteiger partial charge in [-0.1, -0.05) is 0 Å². The number of ether oxygens (including phenoxy) is 1. The SMILES string of the molecule is CC1O[C@@H](C)C(O)C(O)[C@@H]1O. The molecule has 1 rings (SSSR count). The van der Waals surface area contributed by atoms with Crippen LogP contribution in [0.5, 0.6) is 0 Å². The van der Waals surface area contributed by atoms with Crippen molar-refractivity contribution in [3.63, 3.8) is 0 Å². The highest BCUT2D eigenvalue weighted by molar-refractivity contribution is 4.88. The predicted molar refractivity (Wildman–Crippen MR) is 38.0 cm³/mol. The van der Waals surface area contributed by atoms with Gasteiger partial charge in [0, 0.05) is 0 Å². The van der Waals surface area contributed by atoms with Crippen molar-refractivity contribution in [1.82, 2.24) is 0 Å². The van der Waals surface area contributed by atoms with Gasteiger partial charge in [-0.3, -0.25) is 0 Å². The molecule has 1 aliphatic rings. The summed E-state index contributed by atoms with van der Waals surface area (Å²) in [5, 5.41) is 27.6. The number of hydrogen-bond acceptors (Lipinski definition) is 4. The van der Waals surface area contributed by atoms with Crippen molar-refractivity contribution in [3.8, 4) is 0 Å². The van der Waals surface area contributed by atoms with E-state index in [1.54, 1.807) is 13.8 Å². The van der Waals surface area contributed by atoms with Crippen molar-refractivity contribution >= 4 is 0 Å². The maximum atomic E-state index is 9.21. The molecule has 5 atom stereocenters. The summed E-state index contributed by atoms with van der Waals surface area (Å²) in [4.78, 5) is 0. The Kier molecular flexibility index (Phi) is 2.49. The van der Waals surface area contributed by atoms with Gasteiger partial charge in [-0.15, -0.1) is 0 Å². The van der Waals surface area contributed by atoms with Gasteiger partial charge >= 0.3 is 0 Å². The molecule has 4 nitrogen and oxygen atoms in total. The first-order chi connectivity index (χ1) is 5.04. The minimum absolute atomic E-state index is 0.414. The van der Waals surface area contributed by atoms with Gasteiger partial charge in [-0.25, -0.2) is 0 Å². The second-order valence-corrected chi connectivity index (χ2v) is 3.02. The Hall–Kier alpha value is -0.160. The van der Waals surface area contributed by atoms with E-state index >= 15 is 0 Å². The van der Waals surface area contributed by atoms with Crippen LogP contribution in [0.1, 0.15) is 13.8 Å². The Labute approximate surface area is 65.4 Å². The Morgan fingerprint density at radius 3 is 1.55 bits per heavy atom. The summed E-state index contributed by atoms with van der Waals surface area (Å²) >= 11 is 0. The topological polar surface area (TPSA) is 69.9 Å². The van der Waals surface area contributed by atoms with Crippen LogP contribution in [0.3, 0.4) is 0 Å². The molecule has 66 valence electrons. The molecule has 1 heterocycles. The first-order valence-corrected chi connectivity index (χ1v) is 3.73. The summed E-state index contributed by atoms with van der Waals surface area (Å²) in [5.74, 6) is 0. The van der Waals surface area contributed by atoms with Crippen LogP contribution >= 0.6 is 0 Å². The lowest BCUT2D eigenvalue weighted by atomic mass is 9.97. The Morgan fingerprint density at radius 1 is 0.818 bits per heavy atom. The van der Waals surface area contributed by atoms with Gasteiger partial charge in [0.05, 0.1) is 12.2 Å². The van der Waals surface area contributed by atoms with Gasteiger partial charge in [0.15, 0.2) is 0 Å². The zero-order valence-electron chi connectivity index (χ0n) is 6.64. The van der Waals surface area contributed by atoms with Gasteiger partial charge in [0.25, 0.3) is 0 Å². The lowest BCUT2D eigenvalue weighted by Gasteiger charge is -2.37. The van der Waals surface area contributed by atoms with Crippen molar-refractivity contribution < 1.29 is 20.1 Å². The van der Waals surface area contributed by atoms with Gasteiger partial charge in [-0.2, -0.15) is 0 Å². The summed E-state index contributed by atoms with van der Waals surface area (Å²) < 4.78 is 5.12. The summed E-state index contributed by atoms with van der Waals surface area (Å²) in [6.45, 7) is 3.33. The number of aliphatic hydroxyl groups is 3. The van der Waals surface area contributed by atoms with E-state index in [4.69, 9.17) is 4.74 Å². The van der Waals surface area contributed by atoms with E-state index in [1.165, 1.54) is 0 Å². The maximum Gasteiger partial charge on any atom is 0.111 e. The van der Waals surface area contributed by atoms with Crippen LogP contribution in [0.15, 0.2) is 0 Å². The van der Waals surface area contributed by atoms with Crippen molar-refractivity contribution in [2.24, 2.45) is 0 Å². The molecular formula is C7H14O4. The molecule has 0 aliphatic carbocycles. The van der Waals surface area contributed by atoms with E-state index in [2.05, 4.69) is 0 Å². The molecule has 11 heavy (non-hydrogen) atoms. The molecule has 1 aliphatic heterocycles. The van der Waals surface area contributed by atoms with Crippen molar-refractivity contribution in [2.45, 2.75) is 44.4 Å². The molecule has 0 aromatic carbocycles. The number of aliphatic hydroxyl groups excluding tert-OH is 3. The quantitative estimate of drug-likeness (QED) is 0.422. The highest BCUT2D eigenvalue weighted by atomic mass is 16.5. The second kappa shape index (κ2) is 3.06. The van der Waals surface area contributed by atoms with Gasteiger partial charge < -0.3 is 20.1 Å². The summed E-state index contributed by atoms with van der Waals surface area (Å²) in [6.07, 6.45) is -3.89. The third kappa shape index (κ3) is 1.54. The fraction of sp³-hybridized carbons (Fsp3) is 1.00. The smallest absolute Gasteiger partial charge is 0.111 e. The van der Waals surface area contributed by atoms with Crippen LogP contribution in [0, 0.1) is 0 Å². The highest BCUT2D eigenvalue weighted by Crippen LogP contribution is 2.19.